The summed E-state index contributed by atoms with van der Waals surface area (Å²) in [6, 6.07) is 10.4. The van der Waals surface area contributed by atoms with E-state index in [9.17, 15) is 14.9 Å². The highest BCUT2D eigenvalue weighted by Gasteiger charge is 2.23. The van der Waals surface area contributed by atoms with Gasteiger partial charge in [-0.05, 0) is 36.8 Å². The molecule has 1 aromatic carbocycles. The van der Waals surface area contributed by atoms with Crippen LogP contribution >= 0.6 is 11.6 Å². The number of nitriles is 1. The zero-order valence-electron chi connectivity index (χ0n) is 15.3. The molecule has 2 amide bonds. The zero-order chi connectivity index (χ0) is 20.1. The van der Waals surface area contributed by atoms with Crippen LogP contribution in [0, 0.1) is 18.3 Å². The van der Waals surface area contributed by atoms with Crippen molar-refractivity contribution in [3.63, 3.8) is 0 Å². The van der Waals surface area contributed by atoms with Crippen molar-refractivity contribution >= 4 is 29.1 Å². The molecule has 1 aliphatic heterocycles. The fourth-order valence-corrected chi connectivity index (χ4v) is 3.02. The fourth-order valence-electron chi connectivity index (χ4n) is 2.85. The molecule has 1 saturated heterocycles. The predicted octanol–water partition coefficient (Wildman–Crippen LogP) is 3.05. The maximum Gasteiger partial charge on any atom is 0.289 e. The van der Waals surface area contributed by atoms with Gasteiger partial charge in [0.05, 0.1) is 6.26 Å². The summed E-state index contributed by atoms with van der Waals surface area (Å²) in [4.78, 5) is 28.3. The van der Waals surface area contributed by atoms with Crippen LogP contribution in [0.1, 0.15) is 16.1 Å². The Morgan fingerprint density at radius 1 is 1.25 bits per heavy atom. The molecule has 1 fully saturated rings. The number of hydrogen-bond acceptors (Lipinski definition) is 5. The van der Waals surface area contributed by atoms with Crippen LogP contribution in [0.15, 0.2) is 52.8 Å². The third-order valence-electron chi connectivity index (χ3n) is 4.46. The SMILES string of the molecule is Cc1ccc(Cl)cc1NC(=O)/C(C#N)=C\N1CCN(C(=O)c2ccco2)CC1. The van der Waals surface area contributed by atoms with Crippen LogP contribution in [0.25, 0.3) is 0 Å². The van der Waals surface area contributed by atoms with Gasteiger partial charge in [-0.1, -0.05) is 17.7 Å². The summed E-state index contributed by atoms with van der Waals surface area (Å²) in [7, 11) is 0. The third kappa shape index (κ3) is 4.53. The Labute approximate surface area is 167 Å². The molecule has 0 aliphatic carbocycles. The quantitative estimate of drug-likeness (QED) is 0.631. The predicted molar refractivity (Wildman–Crippen MR) is 105 cm³/mol. The lowest BCUT2D eigenvalue weighted by Crippen LogP contribution is -2.47. The molecular weight excluding hydrogens is 380 g/mol. The van der Waals surface area contributed by atoms with E-state index in [4.69, 9.17) is 16.0 Å². The second-order valence-corrected chi connectivity index (χ2v) is 6.81. The zero-order valence-corrected chi connectivity index (χ0v) is 16.1. The van der Waals surface area contributed by atoms with Crippen molar-refractivity contribution in [2.24, 2.45) is 0 Å². The van der Waals surface area contributed by atoms with Crippen molar-refractivity contribution in [1.82, 2.24) is 9.80 Å². The van der Waals surface area contributed by atoms with Crippen LogP contribution in [0.3, 0.4) is 0 Å². The Morgan fingerprint density at radius 3 is 2.64 bits per heavy atom. The Bertz CT molecular complexity index is 939. The lowest BCUT2D eigenvalue weighted by molar-refractivity contribution is -0.112. The van der Waals surface area contributed by atoms with E-state index in [-0.39, 0.29) is 11.5 Å². The molecule has 7 nitrogen and oxygen atoms in total. The fraction of sp³-hybridized carbons (Fsp3) is 0.250. The second-order valence-electron chi connectivity index (χ2n) is 6.37. The van der Waals surface area contributed by atoms with Gasteiger partial charge in [-0.15, -0.1) is 0 Å². The molecule has 0 unspecified atom stereocenters. The first kappa shape index (κ1) is 19.5. The number of nitrogens with one attached hydrogen (secondary N) is 1. The minimum Gasteiger partial charge on any atom is -0.459 e. The maximum atomic E-state index is 12.5. The Hall–Kier alpha value is -3.24. The number of nitrogens with zero attached hydrogens (tertiary/aromatic N) is 3. The van der Waals surface area contributed by atoms with E-state index in [0.29, 0.717) is 42.6 Å². The minimum atomic E-state index is -0.498. The summed E-state index contributed by atoms with van der Waals surface area (Å²) < 4.78 is 5.14. The van der Waals surface area contributed by atoms with Crippen LogP contribution in [-0.4, -0.2) is 47.8 Å². The van der Waals surface area contributed by atoms with Gasteiger partial charge in [0.2, 0.25) is 0 Å². The number of aryl methyl sites for hydroxylation is 1. The first-order valence-electron chi connectivity index (χ1n) is 8.74. The van der Waals surface area contributed by atoms with E-state index in [2.05, 4.69) is 5.32 Å². The molecule has 144 valence electrons. The van der Waals surface area contributed by atoms with Gasteiger partial charge in [0.1, 0.15) is 11.6 Å². The molecule has 8 heteroatoms. The molecule has 1 aromatic heterocycles. The van der Waals surface area contributed by atoms with E-state index in [1.165, 1.54) is 12.5 Å². The van der Waals surface area contributed by atoms with Crippen molar-refractivity contribution in [2.75, 3.05) is 31.5 Å². The monoisotopic (exact) mass is 398 g/mol. The van der Waals surface area contributed by atoms with Crippen LogP contribution in [0.4, 0.5) is 5.69 Å². The number of furan rings is 1. The maximum absolute atomic E-state index is 12.5. The molecule has 0 saturated carbocycles. The van der Waals surface area contributed by atoms with Crippen molar-refractivity contribution in [1.29, 1.82) is 5.26 Å². The summed E-state index contributed by atoms with van der Waals surface area (Å²) in [6.07, 6.45) is 3.00. The van der Waals surface area contributed by atoms with E-state index in [1.807, 2.05) is 17.9 Å². The standard InChI is InChI=1S/C20H19ClN4O3/c1-14-4-5-16(21)11-17(14)23-19(26)15(12-22)13-24-6-8-25(9-7-24)20(27)18-3-2-10-28-18/h2-5,10-11,13H,6-9H2,1H3,(H,23,26)/b15-13-. The van der Waals surface area contributed by atoms with E-state index in [1.54, 1.807) is 35.2 Å². The number of halogens is 1. The number of carbonyl (C=O) groups excluding carboxylic acids is 2. The highest BCUT2D eigenvalue weighted by Crippen LogP contribution is 2.21. The van der Waals surface area contributed by atoms with E-state index >= 15 is 0 Å². The first-order chi connectivity index (χ1) is 13.5. The number of amides is 2. The van der Waals surface area contributed by atoms with E-state index in [0.717, 1.165) is 5.56 Å². The molecule has 28 heavy (non-hydrogen) atoms. The normalized spacial score (nSPS) is 14.5. The van der Waals surface area contributed by atoms with Crippen LogP contribution < -0.4 is 5.32 Å². The smallest absolute Gasteiger partial charge is 0.289 e. The summed E-state index contributed by atoms with van der Waals surface area (Å²) >= 11 is 5.97. The minimum absolute atomic E-state index is 0.00909. The lowest BCUT2D eigenvalue weighted by Gasteiger charge is -2.33. The van der Waals surface area contributed by atoms with Gasteiger partial charge in [0.25, 0.3) is 11.8 Å². The number of anilines is 1. The molecule has 2 heterocycles. The van der Waals surface area contributed by atoms with Gasteiger partial charge >= 0.3 is 0 Å². The van der Waals surface area contributed by atoms with Crippen molar-refractivity contribution < 1.29 is 14.0 Å². The molecule has 1 N–H and O–H groups in total. The number of rotatable bonds is 4. The highest BCUT2D eigenvalue weighted by molar-refractivity contribution is 6.31. The first-order valence-corrected chi connectivity index (χ1v) is 9.12. The molecule has 1 aliphatic rings. The number of benzene rings is 1. The second kappa shape index (κ2) is 8.63. The van der Waals surface area contributed by atoms with Gasteiger partial charge < -0.3 is 19.5 Å². The van der Waals surface area contributed by atoms with Crippen LogP contribution in [0.5, 0.6) is 0 Å². The Kier molecular flexibility index (Phi) is 6.02. The Morgan fingerprint density at radius 2 is 2.00 bits per heavy atom. The van der Waals surface area contributed by atoms with Crippen LogP contribution in [0.2, 0.25) is 5.02 Å². The topological polar surface area (TPSA) is 89.6 Å². The van der Waals surface area contributed by atoms with E-state index < -0.39 is 5.91 Å². The number of hydrogen-bond donors (Lipinski definition) is 1. The molecule has 0 atom stereocenters. The van der Waals surface area contributed by atoms with Gasteiger partial charge in [0, 0.05) is 43.1 Å². The molecule has 2 aromatic rings. The highest BCUT2D eigenvalue weighted by atomic mass is 35.5. The summed E-state index contributed by atoms with van der Waals surface area (Å²) in [6.45, 7) is 3.83. The van der Waals surface area contributed by atoms with Gasteiger partial charge in [0.15, 0.2) is 5.76 Å². The largest absolute Gasteiger partial charge is 0.459 e. The van der Waals surface area contributed by atoms with Gasteiger partial charge in [-0.2, -0.15) is 5.26 Å². The van der Waals surface area contributed by atoms with Crippen LogP contribution in [-0.2, 0) is 4.79 Å². The average molecular weight is 399 g/mol. The molecule has 0 bridgehead atoms. The third-order valence-corrected chi connectivity index (χ3v) is 4.69. The molecule has 3 rings (SSSR count). The Balaban J connectivity index is 1.62. The average Bonchev–Trinajstić information content (AvgIpc) is 3.23. The van der Waals surface area contributed by atoms with Crippen molar-refractivity contribution in [3.05, 3.63) is 64.7 Å². The summed E-state index contributed by atoms with van der Waals surface area (Å²) in [5.41, 5.74) is 1.40. The van der Waals surface area contributed by atoms with Gasteiger partial charge in [-0.25, -0.2) is 0 Å². The summed E-state index contributed by atoms with van der Waals surface area (Å²) in [5, 5.41) is 12.6. The van der Waals surface area contributed by atoms with Crippen molar-refractivity contribution in [3.8, 4) is 6.07 Å². The molecule has 0 spiro atoms. The molecular formula is C20H19ClN4O3. The number of carbonyl (C=O) groups is 2. The molecule has 0 radical (unpaired) electrons. The summed E-state index contributed by atoms with van der Waals surface area (Å²) in [5.74, 6) is -0.358. The lowest BCUT2D eigenvalue weighted by atomic mass is 10.2. The van der Waals surface area contributed by atoms with Crippen molar-refractivity contribution in [2.45, 2.75) is 6.92 Å². The number of piperazine rings is 1. The van der Waals surface area contributed by atoms with Gasteiger partial charge in [-0.3, -0.25) is 9.59 Å².